The van der Waals surface area contributed by atoms with Crippen molar-refractivity contribution < 1.29 is 29.4 Å². The molecule has 0 unspecified atom stereocenters. The van der Waals surface area contributed by atoms with Gasteiger partial charge in [-0.1, -0.05) is 18.2 Å². The Morgan fingerprint density at radius 3 is 2.74 bits per heavy atom. The van der Waals surface area contributed by atoms with Gasteiger partial charge in [-0.05, 0) is 12.1 Å². The van der Waals surface area contributed by atoms with E-state index in [0.717, 1.165) is 17.2 Å². The highest BCUT2D eigenvalue weighted by Crippen LogP contribution is 2.40. The predicted molar refractivity (Wildman–Crippen MR) is 103 cm³/mol. The molecule has 0 aliphatic carbocycles. The number of carbonyl (C=O) groups excluding carboxylic acids is 1. The molecule has 3 aromatic rings. The van der Waals surface area contributed by atoms with Crippen LogP contribution in [0.3, 0.4) is 0 Å². The van der Waals surface area contributed by atoms with E-state index in [1.54, 1.807) is 30.3 Å². The average Bonchev–Trinajstić information content (AvgIpc) is 3.33. The maximum atomic E-state index is 13.4. The monoisotopic (exact) mass is 430 g/mol. The highest BCUT2D eigenvalue weighted by molar-refractivity contribution is 5.90. The molecule has 1 saturated heterocycles. The van der Waals surface area contributed by atoms with Gasteiger partial charge >= 0.3 is 0 Å². The lowest BCUT2D eigenvalue weighted by molar-refractivity contribution is -0.548. The number of ether oxygens (including phenoxy) is 2. The van der Waals surface area contributed by atoms with Gasteiger partial charge in [0.15, 0.2) is 24.2 Å². The average molecular weight is 430 g/mol. The summed E-state index contributed by atoms with van der Waals surface area (Å²) in [5, 5.41) is 32.1. The summed E-state index contributed by atoms with van der Waals surface area (Å²) in [6.45, 7) is -1.39. The number of fused-ring (bicyclic) bond motifs is 1. The first kappa shape index (κ1) is 20.6. The quantitative estimate of drug-likeness (QED) is 0.311. The molecule has 31 heavy (non-hydrogen) atoms. The Bertz CT molecular complexity index is 1120. The second kappa shape index (κ2) is 7.86. The van der Waals surface area contributed by atoms with Crippen LogP contribution in [0.5, 0.6) is 5.75 Å². The highest BCUT2D eigenvalue weighted by Gasteiger charge is 2.68. The number of aliphatic hydroxyl groups is 2. The molecule has 2 aromatic heterocycles. The number of nitro groups is 1. The number of para-hydroxylation sites is 1. The number of nitrogens with two attached hydrogens (primary N) is 1. The molecule has 1 aliphatic heterocycles. The SMILES string of the molecule is Nc1ncnc2c1ncn2[C@]1(C(=O)COc2ccccc2)O[C@H](CO)[C@@H](O)[C@H]1[N+](=O)[O-]. The van der Waals surface area contributed by atoms with Crippen LogP contribution in [0.2, 0.25) is 0 Å². The molecule has 4 rings (SSSR count). The minimum atomic E-state index is -2.40. The van der Waals surface area contributed by atoms with E-state index in [4.69, 9.17) is 15.2 Å². The maximum Gasteiger partial charge on any atom is 0.296 e. The number of hydrogen-bond donors (Lipinski definition) is 3. The van der Waals surface area contributed by atoms with Crippen LogP contribution >= 0.6 is 0 Å². The van der Waals surface area contributed by atoms with E-state index in [9.17, 15) is 25.1 Å². The molecule has 1 fully saturated rings. The first-order valence-electron chi connectivity index (χ1n) is 9.15. The van der Waals surface area contributed by atoms with Crippen molar-refractivity contribution in [2.45, 2.75) is 24.0 Å². The van der Waals surface area contributed by atoms with Crippen molar-refractivity contribution in [3.8, 4) is 5.75 Å². The van der Waals surface area contributed by atoms with Gasteiger partial charge < -0.3 is 25.4 Å². The summed E-state index contributed by atoms with van der Waals surface area (Å²) in [5.41, 5.74) is 3.47. The third-order valence-electron chi connectivity index (χ3n) is 5.08. The molecule has 0 saturated carbocycles. The number of hydrogen-bond acceptors (Lipinski definition) is 11. The number of rotatable bonds is 7. The Morgan fingerprint density at radius 2 is 2.06 bits per heavy atom. The van der Waals surface area contributed by atoms with E-state index in [-0.39, 0.29) is 17.0 Å². The number of aromatic nitrogens is 4. The largest absolute Gasteiger partial charge is 0.486 e. The summed E-state index contributed by atoms with van der Waals surface area (Å²) in [4.78, 5) is 36.4. The molecule has 3 heterocycles. The number of imidazole rings is 1. The Balaban J connectivity index is 1.85. The topological polar surface area (TPSA) is 189 Å². The zero-order valence-electron chi connectivity index (χ0n) is 15.9. The Kier molecular flexibility index (Phi) is 5.22. The van der Waals surface area contributed by atoms with E-state index < -0.39 is 47.9 Å². The molecule has 13 nitrogen and oxygen atoms in total. The Hall–Kier alpha value is -3.68. The van der Waals surface area contributed by atoms with Gasteiger partial charge in [0.2, 0.25) is 5.78 Å². The van der Waals surface area contributed by atoms with Crippen LogP contribution in [0.15, 0.2) is 43.0 Å². The third-order valence-corrected chi connectivity index (χ3v) is 5.08. The fraction of sp³-hybridized carbons (Fsp3) is 0.333. The van der Waals surface area contributed by atoms with Crippen LogP contribution in [0.4, 0.5) is 5.82 Å². The van der Waals surface area contributed by atoms with Gasteiger partial charge in [-0.25, -0.2) is 15.0 Å². The van der Waals surface area contributed by atoms with Gasteiger partial charge in [0.25, 0.3) is 11.8 Å². The highest BCUT2D eigenvalue weighted by atomic mass is 16.6. The fourth-order valence-corrected chi connectivity index (χ4v) is 3.65. The lowest BCUT2D eigenvalue weighted by Gasteiger charge is -2.29. The van der Waals surface area contributed by atoms with E-state index in [1.165, 1.54) is 0 Å². The van der Waals surface area contributed by atoms with Gasteiger partial charge in [-0.3, -0.25) is 19.5 Å². The number of nitrogens with zero attached hydrogens (tertiary/aromatic N) is 5. The number of ketones is 1. The smallest absolute Gasteiger partial charge is 0.296 e. The van der Waals surface area contributed by atoms with Gasteiger partial charge in [-0.2, -0.15) is 0 Å². The Labute approximate surface area is 174 Å². The normalized spacial score (nSPS) is 25.5. The number of aliphatic hydroxyl groups excluding tert-OH is 2. The lowest BCUT2D eigenvalue weighted by atomic mass is 9.95. The van der Waals surface area contributed by atoms with E-state index in [2.05, 4.69) is 15.0 Å². The lowest BCUT2D eigenvalue weighted by Crippen LogP contribution is -2.56. The van der Waals surface area contributed by atoms with Crippen LogP contribution in [-0.4, -0.2) is 71.9 Å². The number of anilines is 1. The molecule has 0 radical (unpaired) electrons. The van der Waals surface area contributed by atoms with Crippen molar-refractivity contribution in [1.29, 1.82) is 0 Å². The van der Waals surface area contributed by atoms with Gasteiger partial charge in [0.1, 0.15) is 30.0 Å². The van der Waals surface area contributed by atoms with E-state index >= 15 is 0 Å². The molecular formula is C18H18N6O7. The second-order valence-corrected chi connectivity index (χ2v) is 6.83. The summed E-state index contributed by atoms with van der Waals surface area (Å²) in [6, 6.07) is 6.36. The number of Topliss-reactive ketones (excluding diaryl/α,β-unsaturated/α-hetero) is 1. The van der Waals surface area contributed by atoms with Crippen LogP contribution in [-0.2, 0) is 15.3 Å². The predicted octanol–water partition coefficient (Wildman–Crippen LogP) is -0.893. The first-order chi connectivity index (χ1) is 14.9. The molecule has 0 bridgehead atoms. The Morgan fingerprint density at radius 1 is 1.32 bits per heavy atom. The molecule has 4 N–H and O–H groups in total. The molecule has 0 spiro atoms. The number of carbonyl (C=O) groups is 1. The van der Waals surface area contributed by atoms with Crippen molar-refractivity contribution in [2.24, 2.45) is 0 Å². The number of nitrogen functional groups attached to an aromatic ring is 1. The minimum absolute atomic E-state index is 0.0122. The molecule has 0 amide bonds. The second-order valence-electron chi connectivity index (χ2n) is 6.83. The molecule has 4 atom stereocenters. The van der Waals surface area contributed by atoms with E-state index in [0.29, 0.717) is 5.75 Å². The van der Waals surface area contributed by atoms with Crippen LogP contribution in [0.1, 0.15) is 0 Å². The summed E-state index contributed by atoms with van der Waals surface area (Å²) >= 11 is 0. The molecule has 1 aromatic carbocycles. The third kappa shape index (κ3) is 3.24. The first-order valence-corrected chi connectivity index (χ1v) is 9.15. The van der Waals surface area contributed by atoms with E-state index in [1.807, 2.05) is 0 Å². The standard InChI is InChI=1S/C18H18N6O7/c19-16-13-17(21-8-20-16)23(9-22-13)18(12(26)7-30-10-4-2-1-3-5-10)15(24(28)29)14(27)11(6-25)31-18/h1-5,8-9,11,14-15,25,27H,6-7H2,(H2,19,20,21)/t11-,14-,15-,18-/m1/s1. The van der Waals surface area contributed by atoms with Crippen LogP contribution in [0, 0.1) is 10.1 Å². The van der Waals surface area contributed by atoms with Crippen molar-refractivity contribution in [3.05, 3.63) is 53.1 Å². The molecule has 1 aliphatic rings. The fourth-order valence-electron chi connectivity index (χ4n) is 3.65. The number of benzene rings is 1. The van der Waals surface area contributed by atoms with Crippen molar-refractivity contribution in [3.63, 3.8) is 0 Å². The zero-order chi connectivity index (χ0) is 22.2. The van der Waals surface area contributed by atoms with Crippen molar-refractivity contribution in [2.75, 3.05) is 18.9 Å². The van der Waals surface area contributed by atoms with Crippen molar-refractivity contribution in [1.82, 2.24) is 19.5 Å². The van der Waals surface area contributed by atoms with Gasteiger partial charge in [0, 0.05) is 4.92 Å². The maximum absolute atomic E-state index is 13.4. The zero-order valence-corrected chi connectivity index (χ0v) is 15.9. The summed E-state index contributed by atoms with van der Waals surface area (Å²) in [5.74, 6) is -0.547. The summed E-state index contributed by atoms with van der Waals surface area (Å²) < 4.78 is 12.2. The summed E-state index contributed by atoms with van der Waals surface area (Å²) in [7, 11) is 0. The molecule has 162 valence electrons. The molecule has 13 heteroatoms. The molecular weight excluding hydrogens is 412 g/mol. The summed E-state index contributed by atoms with van der Waals surface area (Å²) in [6.07, 6.45) is -1.01. The van der Waals surface area contributed by atoms with Crippen LogP contribution < -0.4 is 10.5 Å². The van der Waals surface area contributed by atoms with Gasteiger partial charge in [0.05, 0.1) is 6.61 Å². The minimum Gasteiger partial charge on any atom is -0.486 e. The van der Waals surface area contributed by atoms with Crippen molar-refractivity contribution >= 4 is 22.8 Å². The van der Waals surface area contributed by atoms with Gasteiger partial charge in [-0.15, -0.1) is 0 Å². The van der Waals surface area contributed by atoms with Crippen LogP contribution in [0.25, 0.3) is 11.2 Å².